The van der Waals surface area contributed by atoms with Gasteiger partial charge in [-0.3, -0.25) is 9.59 Å². The normalized spacial score (nSPS) is 12.6. The van der Waals surface area contributed by atoms with Gasteiger partial charge in [-0.1, -0.05) is 35.5 Å². The number of carbonyl (C=O) groups excluding carboxylic acids is 2. The third-order valence-corrected chi connectivity index (χ3v) is 7.95. The summed E-state index contributed by atoms with van der Waals surface area (Å²) in [5, 5.41) is 25.2. The van der Waals surface area contributed by atoms with Gasteiger partial charge < -0.3 is 15.2 Å². The predicted molar refractivity (Wildman–Crippen MR) is 135 cm³/mol. The Morgan fingerprint density at radius 2 is 2.00 bits per heavy atom. The van der Waals surface area contributed by atoms with E-state index in [4.69, 9.17) is 11.6 Å². The van der Waals surface area contributed by atoms with Crippen molar-refractivity contribution in [1.82, 2.24) is 14.8 Å². The number of thiophene rings is 1. The molecule has 2 amide bonds. The van der Waals surface area contributed by atoms with Crippen molar-refractivity contribution in [2.45, 2.75) is 50.7 Å². The van der Waals surface area contributed by atoms with Crippen molar-refractivity contribution in [3.05, 3.63) is 51.1 Å². The number of benzene rings is 1. The van der Waals surface area contributed by atoms with Crippen LogP contribution in [0.15, 0.2) is 29.4 Å². The van der Waals surface area contributed by atoms with Gasteiger partial charge in [0.2, 0.25) is 11.8 Å². The Morgan fingerprint density at radius 1 is 1.21 bits per heavy atom. The van der Waals surface area contributed by atoms with Crippen LogP contribution in [-0.4, -0.2) is 32.3 Å². The number of nitriles is 1. The predicted octanol–water partition coefficient (Wildman–Crippen LogP) is 4.68. The van der Waals surface area contributed by atoms with Gasteiger partial charge in [0.25, 0.3) is 0 Å². The molecule has 0 atom stereocenters. The Bertz CT molecular complexity index is 1260. The van der Waals surface area contributed by atoms with Gasteiger partial charge in [-0.15, -0.1) is 21.5 Å². The molecule has 0 radical (unpaired) electrons. The van der Waals surface area contributed by atoms with Crippen molar-refractivity contribution >= 4 is 57.2 Å². The van der Waals surface area contributed by atoms with Crippen molar-refractivity contribution in [3.8, 4) is 6.07 Å². The number of nitrogens with one attached hydrogen (secondary N) is 2. The van der Waals surface area contributed by atoms with Crippen molar-refractivity contribution in [3.63, 3.8) is 0 Å². The van der Waals surface area contributed by atoms with E-state index in [2.05, 4.69) is 26.9 Å². The van der Waals surface area contributed by atoms with Crippen LogP contribution in [0, 0.1) is 11.3 Å². The van der Waals surface area contributed by atoms with Gasteiger partial charge in [0, 0.05) is 11.4 Å². The van der Waals surface area contributed by atoms with Crippen LogP contribution >= 0.6 is 34.7 Å². The number of hydrogen-bond acceptors (Lipinski definition) is 7. The Hall–Kier alpha value is -2.87. The fourth-order valence-corrected chi connectivity index (χ4v) is 6.10. The van der Waals surface area contributed by atoms with Crippen molar-refractivity contribution < 1.29 is 9.59 Å². The lowest BCUT2D eigenvalue weighted by Gasteiger charge is -2.09. The fraction of sp³-hybridized carbons (Fsp3) is 0.348. The van der Waals surface area contributed by atoms with Gasteiger partial charge in [-0.05, 0) is 50.3 Å². The molecular weight excluding hydrogens is 492 g/mol. The van der Waals surface area contributed by atoms with E-state index in [0.717, 1.165) is 31.2 Å². The lowest BCUT2D eigenvalue weighted by Crippen LogP contribution is -2.18. The van der Waals surface area contributed by atoms with Crippen LogP contribution in [0.1, 0.15) is 41.6 Å². The lowest BCUT2D eigenvalue weighted by molar-refractivity contribution is -0.116. The maximum Gasteiger partial charge on any atom is 0.235 e. The molecular formula is C23H23ClN6O2S2. The highest BCUT2D eigenvalue weighted by Gasteiger charge is 2.22. The molecule has 2 aromatic heterocycles. The summed E-state index contributed by atoms with van der Waals surface area (Å²) in [5.41, 5.74) is 2.23. The van der Waals surface area contributed by atoms with Gasteiger partial charge in [0.15, 0.2) is 5.16 Å². The van der Waals surface area contributed by atoms with Gasteiger partial charge >= 0.3 is 0 Å². The zero-order valence-corrected chi connectivity index (χ0v) is 20.9. The van der Waals surface area contributed by atoms with Crippen LogP contribution in [0.4, 0.5) is 10.7 Å². The van der Waals surface area contributed by atoms with Gasteiger partial charge in [0.05, 0.1) is 28.4 Å². The molecule has 1 aromatic carbocycles. The first-order chi connectivity index (χ1) is 16.5. The maximum absolute atomic E-state index is 12.6. The van der Waals surface area contributed by atoms with Crippen LogP contribution < -0.4 is 10.6 Å². The molecule has 0 unspecified atom stereocenters. The number of carbonyl (C=O) groups is 2. The monoisotopic (exact) mass is 514 g/mol. The number of para-hydroxylation sites is 1. The molecule has 0 fully saturated rings. The standard InChI is InChI=1S/C23H23ClN6O2S2/c1-2-30-19(11-20(31)26-17-9-5-4-8-16(17)24)28-29-23(30)33-13-21(32)27-22-15(12-25)14-7-3-6-10-18(14)34-22/h4-5,8-9H,2-3,6-7,10-11,13H2,1H3,(H,26,31)(H,27,32). The Labute approximate surface area is 210 Å². The van der Waals surface area contributed by atoms with E-state index in [-0.39, 0.29) is 24.0 Å². The average molecular weight is 515 g/mol. The largest absolute Gasteiger partial charge is 0.324 e. The van der Waals surface area contributed by atoms with Crippen LogP contribution in [0.5, 0.6) is 0 Å². The molecule has 2 heterocycles. The third kappa shape index (κ3) is 5.43. The molecule has 0 aliphatic heterocycles. The summed E-state index contributed by atoms with van der Waals surface area (Å²) in [4.78, 5) is 26.3. The second-order valence-corrected chi connectivity index (χ2v) is 10.2. The number of fused-ring (bicyclic) bond motifs is 1. The SMILES string of the molecule is CCn1c(CC(=O)Nc2ccccc2Cl)nnc1SCC(=O)Nc1sc2c(c1C#N)CCCC2. The number of aromatic nitrogens is 3. The highest BCUT2D eigenvalue weighted by atomic mass is 35.5. The first kappa shape index (κ1) is 24.3. The maximum atomic E-state index is 12.6. The van der Waals surface area contributed by atoms with Crippen molar-refractivity contribution in [2.75, 3.05) is 16.4 Å². The highest BCUT2D eigenvalue weighted by Crippen LogP contribution is 2.37. The lowest BCUT2D eigenvalue weighted by atomic mass is 9.96. The molecule has 11 heteroatoms. The summed E-state index contributed by atoms with van der Waals surface area (Å²) < 4.78 is 1.81. The molecule has 176 valence electrons. The molecule has 2 N–H and O–H groups in total. The molecule has 0 bridgehead atoms. The first-order valence-electron chi connectivity index (χ1n) is 10.9. The zero-order chi connectivity index (χ0) is 24.1. The van der Waals surface area contributed by atoms with Gasteiger partial charge in [0.1, 0.15) is 16.9 Å². The summed E-state index contributed by atoms with van der Waals surface area (Å²) in [7, 11) is 0. The van der Waals surface area contributed by atoms with E-state index in [9.17, 15) is 14.9 Å². The number of amides is 2. The number of hydrogen-bond donors (Lipinski definition) is 2. The van der Waals surface area contributed by atoms with Crippen molar-refractivity contribution in [2.24, 2.45) is 0 Å². The topological polar surface area (TPSA) is 113 Å². The number of aryl methyl sites for hydroxylation is 1. The summed E-state index contributed by atoms with van der Waals surface area (Å²) in [6, 6.07) is 9.28. The number of thioether (sulfide) groups is 1. The smallest absolute Gasteiger partial charge is 0.235 e. The fourth-order valence-electron chi connectivity index (χ4n) is 3.84. The Kier molecular flexibility index (Phi) is 7.88. The van der Waals surface area contributed by atoms with E-state index in [1.807, 2.05) is 11.5 Å². The van der Waals surface area contributed by atoms with E-state index >= 15 is 0 Å². The molecule has 1 aliphatic carbocycles. The summed E-state index contributed by atoms with van der Waals surface area (Å²) >= 11 is 8.86. The molecule has 34 heavy (non-hydrogen) atoms. The first-order valence-corrected chi connectivity index (χ1v) is 13.1. The number of nitrogens with zero attached hydrogens (tertiary/aromatic N) is 4. The van der Waals surface area contributed by atoms with Gasteiger partial charge in [-0.25, -0.2) is 0 Å². The minimum Gasteiger partial charge on any atom is -0.324 e. The summed E-state index contributed by atoms with van der Waals surface area (Å²) in [6.07, 6.45) is 4.09. The third-order valence-electron chi connectivity index (χ3n) is 5.44. The minimum atomic E-state index is -0.254. The van der Waals surface area contributed by atoms with E-state index in [1.54, 1.807) is 24.3 Å². The van der Waals surface area contributed by atoms with E-state index in [0.29, 0.717) is 38.8 Å². The molecule has 0 saturated heterocycles. The van der Waals surface area contributed by atoms with E-state index < -0.39 is 0 Å². The molecule has 0 saturated carbocycles. The van der Waals surface area contributed by atoms with Crippen LogP contribution in [0.3, 0.4) is 0 Å². The number of anilines is 2. The Morgan fingerprint density at radius 3 is 2.76 bits per heavy atom. The van der Waals surface area contributed by atoms with E-state index in [1.165, 1.54) is 28.0 Å². The van der Waals surface area contributed by atoms with Gasteiger partial charge in [-0.2, -0.15) is 5.26 Å². The number of halogens is 1. The zero-order valence-electron chi connectivity index (χ0n) is 18.6. The van der Waals surface area contributed by atoms with Crippen LogP contribution in [0.25, 0.3) is 0 Å². The van der Waals surface area contributed by atoms with Crippen LogP contribution in [0.2, 0.25) is 5.02 Å². The second-order valence-electron chi connectivity index (χ2n) is 7.71. The quantitative estimate of drug-likeness (QED) is 0.422. The molecule has 8 nitrogen and oxygen atoms in total. The highest BCUT2D eigenvalue weighted by molar-refractivity contribution is 7.99. The minimum absolute atomic E-state index is 0.0328. The van der Waals surface area contributed by atoms with Crippen molar-refractivity contribution in [1.29, 1.82) is 5.26 Å². The number of rotatable bonds is 8. The Balaban J connectivity index is 1.37. The average Bonchev–Trinajstić information content (AvgIpc) is 3.38. The second kappa shape index (κ2) is 11.0. The molecule has 3 aromatic rings. The molecule has 0 spiro atoms. The summed E-state index contributed by atoms with van der Waals surface area (Å²) in [6.45, 7) is 2.49. The molecule has 1 aliphatic rings. The van der Waals surface area contributed by atoms with Crippen LogP contribution in [-0.2, 0) is 35.4 Å². The molecule has 4 rings (SSSR count). The summed E-state index contributed by atoms with van der Waals surface area (Å²) in [5.74, 6) is 0.170.